The first-order valence-electron chi connectivity index (χ1n) is 17.0. The Morgan fingerprint density at radius 3 is 1.72 bits per heavy atom. The Morgan fingerprint density at radius 2 is 1.24 bits per heavy atom. The van der Waals surface area contributed by atoms with Gasteiger partial charge in [-0.1, -0.05) is 72.8 Å². The Hall–Kier alpha value is -4.22. The Labute approximate surface area is 303 Å². The van der Waals surface area contributed by atoms with Gasteiger partial charge in [-0.15, -0.1) is 0 Å². The van der Waals surface area contributed by atoms with Gasteiger partial charge in [0.2, 0.25) is 5.88 Å². The van der Waals surface area contributed by atoms with Crippen molar-refractivity contribution in [2.45, 2.75) is 25.9 Å². The van der Waals surface area contributed by atoms with Gasteiger partial charge in [-0.2, -0.15) is 0 Å². The lowest BCUT2D eigenvalue weighted by molar-refractivity contribution is 0.0101. The summed E-state index contributed by atoms with van der Waals surface area (Å²) in [6.45, 7) is 15.6. The van der Waals surface area contributed by atoms with E-state index in [0.717, 1.165) is 110 Å². The first-order valence-corrected chi connectivity index (χ1v) is 17.7. The van der Waals surface area contributed by atoms with Crippen LogP contribution < -0.4 is 20.7 Å². The fourth-order valence-electron chi connectivity index (χ4n) is 8.21. The van der Waals surface area contributed by atoms with Crippen molar-refractivity contribution in [2.75, 3.05) is 58.7 Å². The third kappa shape index (κ3) is 5.98. The first-order chi connectivity index (χ1) is 24.2. The van der Waals surface area contributed by atoms with E-state index in [1.54, 1.807) is 19.5 Å². The van der Waals surface area contributed by atoms with Crippen molar-refractivity contribution in [3.63, 3.8) is 0 Å². The van der Waals surface area contributed by atoms with Gasteiger partial charge in [0.1, 0.15) is 11.5 Å². The Bertz CT molecular complexity index is 1860. The van der Waals surface area contributed by atoms with E-state index in [2.05, 4.69) is 38.9 Å². The minimum Gasteiger partial charge on any atom is -0.480 e. The summed E-state index contributed by atoms with van der Waals surface area (Å²) in [5, 5.41) is 11.1. The molecule has 2 aromatic carbocycles. The number of aromatic nitrogens is 4. The third-order valence-corrected chi connectivity index (χ3v) is 11.3. The van der Waals surface area contributed by atoms with Crippen LogP contribution in [0, 0.1) is 10.8 Å². The smallest absolute Gasteiger partial charge is 0.237 e. The molecule has 2 spiro atoms. The van der Waals surface area contributed by atoms with Gasteiger partial charge in [-0.05, 0) is 12.8 Å². The van der Waals surface area contributed by atoms with E-state index in [4.69, 9.17) is 47.9 Å². The number of anilines is 1. The molecule has 4 aliphatic heterocycles. The average molecular weight is 711 g/mol. The standard InChI is InChI=1S/C38H41Cl2N9O/c1-23-11-37(17-44-23)19-48(20-37)15-31-35(41-3)46-29(13-42-31)27-9-5-7-25(33(27)39)26-8-6-10-28(34(26)40)30-14-43-32(36(47-30)50-4)16-49-21-38(22-49)12-24(2)45-18-38/h5-10,13-14,44-45H,1-2,11-12,15-22H2,3-4H3,(H,41,46). The molecule has 2 aromatic heterocycles. The molecule has 258 valence electrons. The Kier molecular flexibility index (Phi) is 8.46. The molecule has 4 saturated heterocycles. The molecule has 8 rings (SSSR count). The molecule has 0 saturated carbocycles. The molecule has 3 N–H and O–H groups in total. The molecule has 4 aliphatic rings. The lowest BCUT2D eigenvalue weighted by Crippen LogP contribution is -2.56. The summed E-state index contributed by atoms with van der Waals surface area (Å²) in [5.74, 6) is 1.24. The van der Waals surface area contributed by atoms with Crippen LogP contribution in [0.1, 0.15) is 24.2 Å². The number of rotatable bonds is 9. The van der Waals surface area contributed by atoms with E-state index in [1.807, 2.05) is 43.4 Å². The molecule has 6 heterocycles. The van der Waals surface area contributed by atoms with Crippen LogP contribution in [0.2, 0.25) is 10.0 Å². The van der Waals surface area contributed by atoms with Crippen molar-refractivity contribution >= 4 is 29.0 Å². The third-order valence-electron chi connectivity index (χ3n) is 10.5. The maximum atomic E-state index is 7.14. The molecule has 10 nitrogen and oxygen atoms in total. The van der Waals surface area contributed by atoms with Crippen molar-refractivity contribution in [3.05, 3.63) is 94.8 Å². The molecular formula is C38H41Cl2N9O. The molecule has 12 heteroatoms. The van der Waals surface area contributed by atoms with E-state index < -0.39 is 0 Å². The summed E-state index contributed by atoms with van der Waals surface area (Å²) >= 11 is 14.3. The van der Waals surface area contributed by atoms with Crippen LogP contribution >= 0.6 is 23.2 Å². The Morgan fingerprint density at radius 1 is 0.760 bits per heavy atom. The first kappa shape index (κ1) is 33.0. The number of halogens is 2. The lowest BCUT2D eigenvalue weighted by Gasteiger charge is -2.47. The fourth-order valence-corrected chi connectivity index (χ4v) is 8.86. The number of likely N-dealkylation sites (tertiary alicyclic amines) is 2. The van der Waals surface area contributed by atoms with Gasteiger partial charge in [0.05, 0.1) is 46.6 Å². The van der Waals surface area contributed by atoms with Crippen LogP contribution in [0.3, 0.4) is 0 Å². The predicted molar refractivity (Wildman–Crippen MR) is 199 cm³/mol. The van der Waals surface area contributed by atoms with E-state index in [1.165, 1.54) is 0 Å². The van der Waals surface area contributed by atoms with Gasteiger partial charge < -0.3 is 20.7 Å². The summed E-state index contributed by atoms with van der Waals surface area (Å²) in [6, 6.07) is 11.7. The molecule has 0 atom stereocenters. The number of hydrogen-bond donors (Lipinski definition) is 3. The number of nitrogens with one attached hydrogen (secondary N) is 3. The number of benzene rings is 2. The molecule has 0 radical (unpaired) electrons. The number of hydrogen-bond acceptors (Lipinski definition) is 10. The van der Waals surface area contributed by atoms with E-state index in [-0.39, 0.29) is 5.41 Å². The molecule has 0 aliphatic carbocycles. The summed E-state index contributed by atoms with van der Waals surface area (Å²) in [4.78, 5) is 24.2. The molecule has 50 heavy (non-hydrogen) atoms. The number of ether oxygens (including phenoxy) is 1. The van der Waals surface area contributed by atoms with E-state index in [0.29, 0.717) is 39.3 Å². The van der Waals surface area contributed by atoms with Gasteiger partial charge in [0, 0.05) is 104 Å². The average Bonchev–Trinajstić information content (AvgIpc) is 3.68. The number of nitrogens with zero attached hydrogens (tertiary/aromatic N) is 6. The van der Waals surface area contributed by atoms with Crippen LogP contribution in [-0.2, 0) is 13.1 Å². The zero-order chi connectivity index (χ0) is 34.6. The number of allylic oxidation sites excluding steroid dienone is 2. The largest absolute Gasteiger partial charge is 0.480 e. The number of methoxy groups -OCH3 is 1. The van der Waals surface area contributed by atoms with Crippen molar-refractivity contribution < 1.29 is 4.74 Å². The topological polar surface area (TPSA) is 103 Å². The minimum atomic E-state index is 0.289. The maximum Gasteiger partial charge on any atom is 0.237 e. The van der Waals surface area contributed by atoms with Crippen LogP contribution in [0.25, 0.3) is 33.6 Å². The van der Waals surface area contributed by atoms with Gasteiger partial charge in [-0.3, -0.25) is 19.8 Å². The fraction of sp³-hybridized carbons (Fsp3) is 0.368. The van der Waals surface area contributed by atoms with Crippen LogP contribution in [-0.4, -0.2) is 83.2 Å². The van der Waals surface area contributed by atoms with Crippen molar-refractivity contribution in [1.29, 1.82) is 0 Å². The molecule has 4 fully saturated rings. The second-order valence-electron chi connectivity index (χ2n) is 14.4. The highest BCUT2D eigenvalue weighted by Gasteiger charge is 2.47. The molecular weight excluding hydrogens is 669 g/mol. The van der Waals surface area contributed by atoms with Crippen molar-refractivity contribution in [2.24, 2.45) is 10.8 Å². The zero-order valence-corrected chi connectivity index (χ0v) is 30.0. The van der Waals surface area contributed by atoms with Gasteiger partial charge in [0.15, 0.2) is 0 Å². The van der Waals surface area contributed by atoms with Crippen LogP contribution in [0.15, 0.2) is 73.3 Å². The second kappa shape index (κ2) is 12.8. The molecule has 0 amide bonds. The van der Waals surface area contributed by atoms with Crippen molar-refractivity contribution in [1.82, 2.24) is 40.4 Å². The maximum absolute atomic E-state index is 7.14. The zero-order valence-electron chi connectivity index (χ0n) is 28.5. The summed E-state index contributed by atoms with van der Waals surface area (Å²) in [7, 11) is 3.50. The predicted octanol–water partition coefficient (Wildman–Crippen LogP) is 6.24. The summed E-state index contributed by atoms with van der Waals surface area (Å²) < 4.78 is 5.72. The van der Waals surface area contributed by atoms with Crippen LogP contribution in [0.5, 0.6) is 5.88 Å². The van der Waals surface area contributed by atoms with Crippen molar-refractivity contribution in [3.8, 4) is 39.5 Å². The molecule has 0 bridgehead atoms. The highest BCUT2D eigenvalue weighted by molar-refractivity contribution is 6.39. The normalized spacial score (nSPS) is 19.3. The highest BCUT2D eigenvalue weighted by atomic mass is 35.5. The SMILES string of the molecule is C=C1CC2(CN1)CN(Cc1ncc(-c3cccc(-c4cccc(-c5cnc(CN6CC7(CNC(=C)C7)C6)c(OC)n5)c4Cl)c3Cl)nc1NC)C2. The van der Waals surface area contributed by atoms with E-state index in [9.17, 15) is 0 Å². The minimum absolute atomic E-state index is 0.289. The monoisotopic (exact) mass is 709 g/mol. The van der Waals surface area contributed by atoms with Gasteiger partial charge in [-0.25, -0.2) is 9.97 Å². The quantitative estimate of drug-likeness (QED) is 0.185. The summed E-state index contributed by atoms with van der Waals surface area (Å²) in [6.07, 6.45) is 5.64. The lowest BCUT2D eigenvalue weighted by atomic mass is 9.78. The van der Waals surface area contributed by atoms with Crippen LogP contribution in [0.4, 0.5) is 5.82 Å². The van der Waals surface area contributed by atoms with Gasteiger partial charge in [0.25, 0.3) is 0 Å². The van der Waals surface area contributed by atoms with E-state index >= 15 is 0 Å². The molecule has 4 aromatic rings. The highest BCUT2D eigenvalue weighted by Crippen LogP contribution is 2.44. The molecule has 0 unspecified atom stereocenters. The summed E-state index contributed by atoms with van der Waals surface area (Å²) in [5.41, 5.74) is 8.98. The second-order valence-corrected chi connectivity index (χ2v) is 15.2. The van der Waals surface area contributed by atoms with Gasteiger partial charge >= 0.3 is 0 Å². The Balaban J connectivity index is 1.01.